The lowest BCUT2D eigenvalue weighted by atomic mass is 10.1. The number of rotatable bonds is 6. The van der Waals surface area contributed by atoms with E-state index in [1.165, 1.54) is 41.7 Å². The summed E-state index contributed by atoms with van der Waals surface area (Å²) in [5.41, 5.74) is -1.20. The summed E-state index contributed by atoms with van der Waals surface area (Å²) in [6.45, 7) is 1.09. The van der Waals surface area contributed by atoms with Crippen LogP contribution in [0.1, 0.15) is 5.56 Å². The molecule has 1 aliphatic heterocycles. The molecule has 7 nitrogen and oxygen atoms in total. The van der Waals surface area contributed by atoms with E-state index in [1.807, 2.05) is 0 Å². The summed E-state index contributed by atoms with van der Waals surface area (Å²) in [7, 11) is -2.18. The number of halogens is 3. The number of benzene rings is 2. The molecule has 1 fully saturated rings. The molecule has 0 spiro atoms. The molecular formula is C20H23F3N3O4S+. The fourth-order valence-corrected chi connectivity index (χ4v) is 4.82. The predicted octanol–water partition coefficient (Wildman–Crippen LogP) is 1.24. The minimum Gasteiger partial charge on any atom is -0.497 e. The Kier molecular flexibility index (Phi) is 6.87. The van der Waals surface area contributed by atoms with Gasteiger partial charge in [0.1, 0.15) is 5.75 Å². The molecule has 0 radical (unpaired) electrons. The van der Waals surface area contributed by atoms with Crippen LogP contribution >= 0.6 is 0 Å². The zero-order valence-corrected chi connectivity index (χ0v) is 17.6. The van der Waals surface area contributed by atoms with E-state index in [2.05, 4.69) is 5.32 Å². The number of carbonyl (C=O) groups is 1. The molecule has 0 aliphatic carbocycles. The van der Waals surface area contributed by atoms with Crippen LogP contribution in [-0.2, 0) is 21.0 Å². The highest BCUT2D eigenvalue weighted by atomic mass is 32.2. The fourth-order valence-electron chi connectivity index (χ4n) is 3.38. The van der Waals surface area contributed by atoms with Gasteiger partial charge in [0, 0.05) is 0 Å². The van der Waals surface area contributed by atoms with Gasteiger partial charge < -0.3 is 15.0 Å². The molecule has 11 heteroatoms. The first-order chi connectivity index (χ1) is 14.6. The smallest absolute Gasteiger partial charge is 0.418 e. The molecule has 1 aliphatic rings. The number of quaternary nitrogens is 1. The number of piperazine rings is 1. The van der Waals surface area contributed by atoms with Gasteiger partial charge >= 0.3 is 6.18 Å². The second-order valence-corrected chi connectivity index (χ2v) is 9.04. The van der Waals surface area contributed by atoms with Crippen LogP contribution in [0.5, 0.6) is 5.75 Å². The van der Waals surface area contributed by atoms with Crippen LogP contribution in [-0.4, -0.2) is 58.5 Å². The van der Waals surface area contributed by atoms with Crippen LogP contribution in [0.25, 0.3) is 0 Å². The molecule has 2 aromatic carbocycles. The minimum atomic E-state index is -4.57. The maximum Gasteiger partial charge on any atom is 0.418 e. The second-order valence-electron chi connectivity index (χ2n) is 7.10. The van der Waals surface area contributed by atoms with Crippen molar-refractivity contribution in [3.63, 3.8) is 0 Å². The first-order valence-corrected chi connectivity index (χ1v) is 11.0. The Bertz CT molecular complexity index is 1020. The largest absolute Gasteiger partial charge is 0.497 e. The molecule has 0 saturated carbocycles. The van der Waals surface area contributed by atoms with Crippen molar-refractivity contribution in [2.45, 2.75) is 11.1 Å². The highest BCUT2D eigenvalue weighted by Gasteiger charge is 2.34. The van der Waals surface area contributed by atoms with Gasteiger partial charge in [-0.05, 0) is 36.4 Å². The fraction of sp³-hybridized carbons (Fsp3) is 0.350. The van der Waals surface area contributed by atoms with Crippen LogP contribution in [0.3, 0.4) is 0 Å². The van der Waals surface area contributed by atoms with Gasteiger partial charge in [0.25, 0.3) is 5.91 Å². The molecule has 0 unspecified atom stereocenters. The van der Waals surface area contributed by atoms with Crippen molar-refractivity contribution < 1.29 is 36.0 Å². The summed E-state index contributed by atoms with van der Waals surface area (Å²) < 4.78 is 71.1. The summed E-state index contributed by atoms with van der Waals surface area (Å²) in [5.74, 6) is -0.00974. The van der Waals surface area contributed by atoms with Crippen LogP contribution in [0.15, 0.2) is 53.4 Å². The summed E-state index contributed by atoms with van der Waals surface area (Å²) in [4.78, 5) is 13.2. The lowest BCUT2D eigenvalue weighted by Crippen LogP contribution is -3.15. The average molecular weight is 458 g/mol. The summed E-state index contributed by atoms with van der Waals surface area (Å²) in [6, 6.07) is 10.9. The monoisotopic (exact) mass is 458 g/mol. The van der Waals surface area contributed by atoms with Crippen LogP contribution < -0.4 is 15.0 Å². The molecule has 1 amide bonds. The minimum absolute atomic E-state index is 0.0530. The molecule has 168 valence electrons. The van der Waals surface area contributed by atoms with E-state index in [0.29, 0.717) is 18.8 Å². The summed E-state index contributed by atoms with van der Waals surface area (Å²) >= 11 is 0. The number of hydrogen-bond donors (Lipinski definition) is 2. The van der Waals surface area contributed by atoms with Gasteiger partial charge in [0.15, 0.2) is 6.54 Å². The average Bonchev–Trinajstić information content (AvgIpc) is 2.73. The summed E-state index contributed by atoms with van der Waals surface area (Å²) in [5, 5.41) is 2.32. The molecule has 1 heterocycles. The van der Waals surface area contributed by atoms with Gasteiger partial charge in [-0.15, -0.1) is 0 Å². The molecular weight excluding hydrogens is 435 g/mol. The number of nitrogens with one attached hydrogen (secondary N) is 2. The molecule has 2 aromatic rings. The van der Waals surface area contributed by atoms with Gasteiger partial charge in [0.2, 0.25) is 10.0 Å². The van der Waals surface area contributed by atoms with Gasteiger partial charge in [0.05, 0.1) is 49.4 Å². The number of alkyl halides is 3. The first-order valence-electron chi connectivity index (χ1n) is 9.55. The Morgan fingerprint density at radius 2 is 1.71 bits per heavy atom. The van der Waals surface area contributed by atoms with Gasteiger partial charge in [-0.2, -0.15) is 17.5 Å². The lowest BCUT2D eigenvalue weighted by molar-refractivity contribution is -0.895. The van der Waals surface area contributed by atoms with Gasteiger partial charge in [-0.1, -0.05) is 12.1 Å². The molecule has 1 saturated heterocycles. The Balaban J connectivity index is 1.57. The van der Waals surface area contributed by atoms with Gasteiger partial charge in [-0.25, -0.2) is 8.42 Å². The van der Waals surface area contributed by atoms with Crippen molar-refractivity contribution in [1.29, 1.82) is 0 Å². The van der Waals surface area contributed by atoms with E-state index in [1.54, 1.807) is 12.1 Å². The zero-order chi connectivity index (χ0) is 22.6. The van der Waals surface area contributed by atoms with E-state index < -0.39 is 27.7 Å². The van der Waals surface area contributed by atoms with Gasteiger partial charge in [-0.3, -0.25) is 4.79 Å². The highest BCUT2D eigenvalue weighted by molar-refractivity contribution is 7.89. The second kappa shape index (κ2) is 9.25. The first kappa shape index (κ1) is 23.0. The van der Waals surface area contributed by atoms with E-state index in [4.69, 9.17) is 4.74 Å². The van der Waals surface area contributed by atoms with Crippen molar-refractivity contribution >= 4 is 21.6 Å². The topological polar surface area (TPSA) is 80.2 Å². The lowest BCUT2D eigenvalue weighted by Gasteiger charge is -2.31. The van der Waals surface area contributed by atoms with E-state index in [-0.39, 0.29) is 30.2 Å². The Morgan fingerprint density at radius 1 is 1.10 bits per heavy atom. The maximum atomic E-state index is 13.1. The van der Waals surface area contributed by atoms with E-state index in [0.717, 1.165) is 11.0 Å². The molecule has 3 rings (SSSR count). The Morgan fingerprint density at radius 3 is 2.29 bits per heavy atom. The van der Waals surface area contributed by atoms with Crippen molar-refractivity contribution in [1.82, 2.24) is 4.31 Å². The number of nitrogens with zero attached hydrogens (tertiary/aromatic N) is 1. The molecule has 31 heavy (non-hydrogen) atoms. The normalized spacial score (nSPS) is 16.1. The standard InChI is InChI=1S/C20H22F3N3O4S/c1-30-15-6-8-16(9-7-15)31(28,29)26-12-10-25(11-13-26)14-19(27)24-18-5-3-2-4-17(18)20(21,22)23/h2-9H,10-14H2,1H3,(H,24,27)/p+1. The number of methoxy groups -OCH3 is 1. The number of anilines is 1. The molecule has 0 aromatic heterocycles. The molecule has 2 N–H and O–H groups in total. The van der Waals surface area contributed by atoms with Crippen LogP contribution in [0.4, 0.5) is 18.9 Å². The predicted molar refractivity (Wildman–Crippen MR) is 107 cm³/mol. The number of sulfonamides is 1. The Labute approximate surface area is 178 Å². The third-order valence-electron chi connectivity index (χ3n) is 5.04. The number of carbonyl (C=O) groups excluding carboxylic acids is 1. The summed E-state index contributed by atoms with van der Waals surface area (Å²) in [6.07, 6.45) is -4.57. The maximum absolute atomic E-state index is 13.1. The molecule has 0 bridgehead atoms. The molecule has 0 atom stereocenters. The number of amides is 1. The van der Waals surface area contributed by atoms with Crippen molar-refractivity contribution in [3.8, 4) is 5.75 Å². The van der Waals surface area contributed by atoms with Crippen molar-refractivity contribution in [3.05, 3.63) is 54.1 Å². The number of ether oxygens (including phenoxy) is 1. The zero-order valence-electron chi connectivity index (χ0n) is 16.8. The number of para-hydroxylation sites is 1. The third-order valence-corrected chi connectivity index (χ3v) is 6.96. The van der Waals surface area contributed by atoms with E-state index in [9.17, 15) is 26.4 Å². The quantitative estimate of drug-likeness (QED) is 0.683. The third kappa shape index (κ3) is 5.54. The van der Waals surface area contributed by atoms with E-state index >= 15 is 0 Å². The Hall–Kier alpha value is -2.63. The van der Waals surface area contributed by atoms with Crippen LogP contribution in [0.2, 0.25) is 0 Å². The van der Waals surface area contributed by atoms with Crippen molar-refractivity contribution in [2.75, 3.05) is 45.2 Å². The number of hydrogen-bond acceptors (Lipinski definition) is 4. The van der Waals surface area contributed by atoms with Crippen LogP contribution in [0, 0.1) is 0 Å². The highest BCUT2D eigenvalue weighted by Crippen LogP contribution is 2.34. The van der Waals surface area contributed by atoms with Crippen molar-refractivity contribution in [2.24, 2.45) is 0 Å². The SMILES string of the molecule is COc1ccc(S(=O)(=O)N2CC[NH+](CC(=O)Nc3ccccc3C(F)(F)F)CC2)cc1.